The molecule has 2 fully saturated rings. The molecule has 44 heavy (non-hydrogen) atoms. The van der Waals surface area contributed by atoms with Crippen molar-refractivity contribution in [1.82, 2.24) is 30.0 Å². The van der Waals surface area contributed by atoms with Gasteiger partial charge in [0.15, 0.2) is 5.69 Å². The number of ether oxygens (including phenoxy) is 2. The Morgan fingerprint density at radius 1 is 1.14 bits per heavy atom. The predicted molar refractivity (Wildman–Crippen MR) is 164 cm³/mol. The number of aliphatic hydroxyl groups is 1. The second-order valence-corrected chi connectivity index (χ2v) is 11.7. The highest BCUT2D eigenvalue weighted by molar-refractivity contribution is 5.98. The number of hydrogen-bond donors (Lipinski definition) is 2. The smallest absolute Gasteiger partial charge is 0.275 e. The lowest BCUT2D eigenvalue weighted by Gasteiger charge is -2.41. The van der Waals surface area contributed by atoms with E-state index in [-0.39, 0.29) is 24.6 Å². The fourth-order valence-electron chi connectivity index (χ4n) is 6.52. The molecule has 3 heterocycles. The molecule has 0 bridgehead atoms. The molecule has 1 saturated heterocycles. The van der Waals surface area contributed by atoms with E-state index in [1.54, 1.807) is 20.4 Å². The van der Waals surface area contributed by atoms with Crippen molar-refractivity contribution < 1.29 is 23.8 Å². The van der Waals surface area contributed by atoms with Crippen LogP contribution >= 0.6 is 0 Å². The van der Waals surface area contributed by atoms with E-state index < -0.39 is 5.60 Å². The normalized spacial score (nSPS) is 22.2. The molecular weight excluding hydrogens is 560 g/mol. The van der Waals surface area contributed by atoms with Crippen molar-refractivity contribution in [3.8, 4) is 28.5 Å². The maximum absolute atomic E-state index is 14.3. The number of amides is 1. The Labute approximate surface area is 257 Å². The van der Waals surface area contributed by atoms with Crippen molar-refractivity contribution in [3.05, 3.63) is 72.5 Å². The molecule has 2 N–H and O–H groups in total. The van der Waals surface area contributed by atoms with Crippen LogP contribution in [0, 0.1) is 6.92 Å². The maximum atomic E-state index is 14.3. The molecule has 6 rings (SSSR count). The summed E-state index contributed by atoms with van der Waals surface area (Å²) in [6, 6.07) is 17.1. The fraction of sp³-hybridized carbons (Fsp3) is 0.455. The molecule has 2 aliphatic rings. The van der Waals surface area contributed by atoms with E-state index in [0.717, 1.165) is 36.1 Å². The third-order valence-electron chi connectivity index (χ3n) is 8.67. The second kappa shape index (κ2) is 13.3. The van der Waals surface area contributed by atoms with Crippen LogP contribution in [0.2, 0.25) is 0 Å². The molecule has 11 nitrogen and oxygen atoms in total. The van der Waals surface area contributed by atoms with Gasteiger partial charge in [0.1, 0.15) is 11.4 Å². The highest BCUT2D eigenvalue weighted by Gasteiger charge is 2.42. The van der Waals surface area contributed by atoms with Crippen LogP contribution in [0.1, 0.15) is 54.5 Å². The van der Waals surface area contributed by atoms with Gasteiger partial charge in [0, 0.05) is 57.3 Å². The number of imidazole rings is 1. The Bertz CT molecular complexity index is 1550. The van der Waals surface area contributed by atoms with E-state index in [1.807, 2.05) is 64.1 Å². The van der Waals surface area contributed by atoms with Gasteiger partial charge in [-0.05, 0) is 31.0 Å². The quantitative estimate of drug-likeness (QED) is 0.274. The first-order chi connectivity index (χ1) is 21.5. The summed E-state index contributed by atoms with van der Waals surface area (Å²) in [5.41, 5.74) is 1.78. The standard InChI is InChI=1S/C33H40N6O5/c1-23-36-37-31(44-23)25-11-8-12-27(19-25)43-18-14-26-20-34-16-17-38(26)32(40)29-30(24-9-4-3-5-10-24)39(22-35-29)28-13-6-7-15-33(28,41)21-42-2/h3-5,8-12,19,22,26,28,34,41H,6-7,13-18,20-21H2,1-2H3/t26-,28-,33-/m1/s1. The van der Waals surface area contributed by atoms with Crippen LogP contribution in [0.15, 0.2) is 65.3 Å². The Kier molecular flexibility index (Phi) is 9.06. The van der Waals surface area contributed by atoms with Gasteiger partial charge in [-0.2, -0.15) is 0 Å². The second-order valence-electron chi connectivity index (χ2n) is 11.7. The van der Waals surface area contributed by atoms with Crippen molar-refractivity contribution in [3.63, 3.8) is 0 Å². The molecule has 1 amide bonds. The average Bonchev–Trinajstić information content (AvgIpc) is 3.68. The topological polar surface area (TPSA) is 128 Å². The number of benzene rings is 2. The molecule has 4 aromatic rings. The molecule has 0 radical (unpaired) electrons. The molecule has 2 aromatic carbocycles. The van der Waals surface area contributed by atoms with Crippen LogP contribution in [0.25, 0.3) is 22.7 Å². The largest absolute Gasteiger partial charge is 0.493 e. The number of nitrogens with one attached hydrogen (secondary N) is 1. The number of rotatable bonds is 10. The Morgan fingerprint density at radius 2 is 1.98 bits per heavy atom. The molecule has 1 aliphatic heterocycles. The van der Waals surface area contributed by atoms with E-state index in [1.165, 1.54) is 0 Å². The maximum Gasteiger partial charge on any atom is 0.275 e. The van der Waals surface area contributed by atoms with Gasteiger partial charge in [0.25, 0.3) is 5.91 Å². The number of nitrogens with zero attached hydrogens (tertiary/aromatic N) is 5. The molecule has 11 heteroatoms. The summed E-state index contributed by atoms with van der Waals surface area (Å²) in [5, 5.41) is 23.1. The molecule has 0 spiro atoms. The zero-order valence-corrected chi connectivity index (χ0v) is 25.3. The molecule has 232 valence electrons. The van der Waals surface area contributed by atoms with Crippen molar-refractivity contribution in [2.24, 2.45) is 0 Å². The minimum atomic E-state index is -1.04. The molecule has 2 aromatic heterocycles. The van der Waals surface area contributed by atoms with Gasteiger partial charge in [-0.1, -0.05) is 49.2 Å². The van der Waals surface area contributed by atoms with Crippen LogP contribution in [0.5, 0.6) is 5.75 Å². The van der Waals surface area contributed by atoms with Gasteiger partial charge < -0.3 is 33.8 Å². The minimum absolute atomic E-state index is 0.0769. The molecule has 0 unspecified atom stereocenters. The van der Waals surface area contributed by atoms with Crippen molar-refractivity contribution in [2.75, 3.05) is 40.0 Å². The summed E-state index contributed by atoms with van der Waals surface area (Å²) in [6.07, 6.45) is 5.71. The molecular formula is C33H40N6O5. The number of piperazine rings is 1. The van der Waals surface area contributed by atoms with Crippen LogP contribution < -0.4 is 10.1 Å². The van der Waals surface area contributed by atoms with Crippen molar-refractivity contribution in [2.45, 2.75) is 56.7 Å². The summed E-state index contributed by atoms with van der Waals surface area (Å²) in [7, 11) is 1.62. The predicted octanol–water partition coefficient (Wildman–Crippen LogP) is 4.28. The zero-order valence-electron chi connectivity index (χ0n) is 25.3. The molecule has 1 aliphatic carbocycles. The van der Waals surface area contributed by atoms with Crippen LogP contribution in [0.3, 0.4) is 0 Å². The summed E-state index contributed by atoms with van der Waals surface area (Å²) in [5.74, 6) is 1.53. The van der Waals surface area contributed by atoms with Crippen LogP contribution in [-0.2, 0) is 4.74 Å². The minimum Gasteiger partial charge on any atom is -0.493 e. The summed E-state index contributed by atoms with van der Waals surface area (Å²) < 4.78 is 19.1. The van der Waals surface area contributed by atoms with Gasteiger partial charge >= 0.3 is 0 Å². The number of aromatic nitrogens is 4. The zero-order chi connectivity index (χ0) is 30.5. The lowest BCUT2D eigenvalue weighted by molar-refractivity contribution is -0.0893. The van der Waals surface area contributed by atoms with E-state index >= 15 is 0 Å². The lowest BCUT2D eigenvalue weighted by Crippen LogP contribution is -2.54. The number of carbonyl (C=O) groups is 1. The Balaban J connectivity index is 1.22. The lowest BCUT2D eigenvalue weighted by atomic mass is 9.80. The van der Waals surface area contributed by atoms with Gasteiger partial charge in [-0.15, -0.1) is 10.2 Å². The van der Waals surface area contributed by atoms with Gasteiger partial charge in [-0.3, -0.25) is 4.79 Å². The third kappa shape index (κ3) is 6.26. The Hall–Kier alpha value is -4.06. The van der Waals surface area contributed by atoms with Crippen molar-refractivity contribution >= 4 is 5.91 Å². The summed E-state index contributed by atoms with van der Waals surface area (Å²) in [6.45, 7) is 4.33. The first-order valence-corrected chi connectivity index (χ1v) is 15.4. The van der Waals surface area contributed by atoms with Gasteiger partial charge in [-0.25, -0.2) is 4.98 Å². The number of aryl methyl sites for hydroxylation is 1. The van der Waals surface area contributed by atoms with E-state index in [2.05, 4.69) is 15.5 Å². The monoisotopic (exact) mass is 600 g/mol. The number of methoxy groups -OCH3 is 1. The van der Waals surface area contributed by atoms with E-state index in [9.17, 15) is 9.90 Å². The summed E-state index contributed by atoms with van der Waals surface area (Å²) in [4.78, 5) is 20.9. The fourth-order valence-corrected chi connectivity index (χ4v) is 6.52. The third-order valence-corrected chi connectivity index (χ3v) is 8.67. The summed E-state index contributed by atoms with van der Waals surface area (Å²) >= 11 is 0. The van der Waals surface area contributed by atoms with Gasteiger partial charge in [0.2, 0.25) is 11.8 Å². The number of hydrogen-bond acceptors (Lipinski definition) is 9. The van der Waals surface area contributed by atoms with E-state index in [0.29, 0.717) is 62.3 Å². The first kappa shape index (κ1) is 30.0. The Morgan fingerprint density at radius 3 is 2.77 bits per heavy atom. The molecule has 1 saturated carbocycles. The highest BCUT2D eigenvalue weighted by atomic mass is 16.5. The van der Waals surface area contributed by atoms with E-state index in [4.69, 9.17) is 18.9 Å². The van der Waals surface area contributed by atoms with Crippen LogP contribution in [-0.4, -0.2) is 87.3 Å². The average molecular weight is 601 g/mol. The van der Waals surface area contributed by atoms with Crippen molar-refractivity contribution in [1.29, 1.82) is 0 Å². The SMILES string of the molecule is COC[C@]1(O)CCCC[C@H]1n1cnc(C(=O)N2CCNC[C@H]2CCOc2cccc(-c3nnc(C)o3)c2)c1-c1ccccc1. The van der Waals surface area contributed by atoms with Crippen LogP contribution in [0.4, 0.5) is 0 Å². The first-order valence-electron chi connectivity index (χ1n) is 15.4. The van der Waals surface area contributed by atoms with Gasteiger partial charge in [0.05, 0.1) is 31.3 Å². The highest BCUT2D eigenvalue weighted by Crippen LogP contribution is 2.41. The number of carbonyl (C=O) groups excluding carboxylic acids is 1. The molecule has 3 atom stereocenters.